The molecule has 0 bridgehead atoms. The summed E-state index contributed by atoms with van der Waals surface area (Å²) in [5.41, 5.74) is 3.24. The van der Waals surface area contributed by atoms with Gasteiger partial charge in [0.05, 0.1) is 11.6 Å². The molecule has 4 aromatic carbocycles. The summed E-state index contributed by atoms with van der Waals surface area (Å²) in [6.07, 6.45) is 0. The first-order chi connectivity index (χ1) is 13.8. The molecule has 6 rings (SSSR count). The molecular weight excluding hydrogens is 350 g/mol. The quantitative estimate of drug-likeness (QED) is 0.369. The van der Waals surface area contributed by atoms with E-state index >= 15 is 0 Å². The van der Waals surface area contributed by atoms with E-state index in [1.807, 2.05) is 60.7 Å². The van der Waals surface area contributed by atoms with Crippen LogP contribution in [0.25, 0.3) is 55.5 Å². The van der Waals surface area contributed by atoms with Crippen molar-refractivity contribution in [2.24, 2.45) is 0 Å². The Morgan fingerprint density at radius 2 is 1.50 bits per heavy atom. The Morgan fingerprint density at radius 1 is 0.750 bits per heavy atom. The summed E-state index contributed by atoms with van der Waals surface area (Å²) < 4.78 is 12.0. The predicted octanol–water partition coefficient (Wildman–Crippen LogP) is 5.81. The van der Waals surface area contributed by atoms with E-state index in [1.165, 1.54) is 0 Å². The van der Waals surface area contributed by atoms with Crippen LogP contribution in [0, 0.1) is 11.3 Å². The average molecular weight is 361 g/mol. The third-order valence-electron chi connectivity index (χ3n) is 4.98. The molecule has 0 aliphatic rings. The Morgan fingerprint density at radius 3 is 2.36 bits per heavy atom. The molecule has 0 atom stereocenters. The fraction of sp³-hybridized carbons (Fsp3) is 0. The minimum atomic E-state index is 0.301. The molecule has 6 aromatic rings. The third kappa shape index (κ3) is 2.00. The van der Waals surface area contributed by atoms with E-state index in [9.17, 15) is 5.26 Å². The van der Waals surface area contributed by atoms with Crippen molar-refractivity contribution >= 4 is 43.7 Å². The van der Waals surface area contributed by atoms with Gasteiger partial charge < -0.3 is 8.83 Å². The van der Waals surface area contributed by atoms with Gasteiger partial charge in [-0.15, -0.1) is 0 Å². The van der Waals surface area contributed by atoms with Crippen molar-refractivity contribution in [2.75, 3.05) is 0 Å². The summed E-state index contributed by atoms with van der Waals surface area (Å²) in [6.45, 7) is 0. The number of oxazole rings is 2. The Bertz CT molecular complexity index is 1580. The van der Waals surface area contributed by atoms with Crippen LogP contribution in [-0.4, -0.2) is 9.97 Å². The lowest BCUT2D eigenvalue weighted by molar-refractivity contribution is 0.551. The molecule has 0 amide bonds. The molecule has 0 saturated heterocycles. The summed E-state index contributed by atoms with van der Waals surface area (Å²) in [6, 6.07) is 23.6. The van der Waals surface area contributed by atoms with Crippen LogP contribution in [0.3, 0.4) is 0 Å². The first-order valence-corrected chi connectivity index (χ1v) is 8.83. The number of nitriles is 1. The molecular formula is C23H11N3O2. The van der Waals surface area contributed by atoms with Gasteiger partial charge in [-0.25, -0.2) is 9.97 Å². The fourth-order valence-corrected chi connectivity index (χ4v) is 3.69. The highest BCUT2D eigenvalue weighted by Gasteiger charge is 2.19. The van der Waals surface area contributed by atoms with Gasteiger partial charge in [0, 0.05) is 22.2 Å². The molecule has 0 spiro atoms. The monoisotopic (exact) mass is 361 g/mol. The maximum Gasteiger partial charge on any atom is 0.284 e. The average Bonchev–Trinajstić information content (AvgIpc) is 3.37. The van der Waals surface area contributed by atoms with Crippen LogP contribution in [0.15, 0.2) is 75.6 Å². The zero-order chi connectivity index (χ0) is 18.7. The van der Waals surface area contributed by atoms with Crippen LogP contribution in [0.5, 0.6) is 0 Å². The molecule has 0 saturated carbocycles. The van der Waals surface area contributed by atoms with Crippen molar-refractivity contribution in [3.05, 3.63) is 72.3 Å². The van der Waals surface area contributed by atoms with Crippen molar-refractivity contribution in [3.8, 4) is 17.9 Å². The van der Waals surface area contributed by atoms with Crippen LogP contribution in [0.2, 0.25) is 0 Å². The van der Waals surface area contributed by atoms with E-state index in [4.69, 9.17) is 8.83 Å². The van der Waals surface area contributed by atoms with E-state index in [0.29, 0.717) is 34.0 Å². The number of hydrogen-bond donors (Lipinski definition) is 0. The van der Waals surface area contributed by atoms with Gasteiger partial charge in [-0.1, -0.05) is 54.6 Å². The smallest absolute Gasteiger partial charge is 0.284 e. The van der Waals surface area contributed by atoms with Gasteiger partial charge in [-0.3, -0.25) is 0 Å². The summed E-state index contributed by atoms with van der Waals surface area (Å²) >= 11 is 0. The van der Waals surface area contributed by atoms with Gasteiger partial charge in [0.1, 0.15) is 11.0 Å². The SMILES string of the molecule is N#Cc1cc2oc(-c3nc4ccc5ccccc5c4o3)nc2c2ccccc12. The molecule has 2 aromatic heterocycles. The number of rotatable bonds is 1. The Balaban J connectivity index is 1.64. The van der Waals surface area contributed by atoms with Gasteiger partial charge in [-0.05, 0) is 11.5 Å². The van der Waals surface area contributed by atoms with Crippen LogP contribution in [0.4, 0.5) is 0 Å². The Labute approximate surface area is 158 Å². The molecule has 5 heteroatoms. The zero-order valence-electron chi connectivity index (χ0n) is 14.5. The summed E-state index contributed by atoms with van der Waals surface area (Å²) in [5, 5.41) is 13.3. The minimum Gasteiger partial charge on any atom is -0.432 e. The standard InChI is InChI=1S/C23H11N3O2/c24-12-14-11-19-20(17-8-4-3-6-15(14)17)26-23(27-19)22-25-18-10-9-13-5-1-2-7-16(13)21(18)28-22/h1-11H. The highest BCUT2D eigenvalue weighted by Crippen LogP contribution is 2.34. The highest BCUT2D eigenvalue weighted by atomic mass is 16.4. The molecule has 0 unspecified atom stereocenters. The van der Waals surface area contributed by atoms with Gasteiger partial charge in [0.15, 0.2) is 11.2 Å². The van der Waals surface area contributed by atoms with E-state index in [1.54, 1.807) is 6.07 Å². The van der Waals surface area contributed by atoms with Crippen molar-refractivity contribution in [1.29, 1.82) is 5.26 Å². The highest BCUT2D eigenvalue weighted by molar-refractivity contribution is 6.07. The fourth-order valence-electron chi connectivity index (χ4n) is 3.69. The van der Waals surface area contributed by atoms with Crippen molar-refractivity contribution in [1.82, 2.24) is 9.97 Å². The van der Waals surface area contributed by atoms with Crippen LogP contribution in [-0.2, 0) is 0 Å². The van der Waals surface area contributed by atoms with Crippen molar-refractivity contribution < 1.29 is 8.83 Å². The lowest BCUT2D eigenvalue weighted by Gasteiger charge is -1.99. The second-order valence-electron chi connectivity index (χ2n) is 6.60. The minimum absolute atomic E-state index is 0.301. The number of nitrogens with zero attached hydrogens (tertiary/aromatic N) is 3. The molecule has 28 heavy (non-hydrogen) atoms. The van der Waals surface area contributed by atoms with Crippen LogP contribution in [0.1, 0.15) is 5.56 Å². The summed E-state index contributed by atoms with van der Waals surface area (Å²) in [5.74, 6) is 0.626. The normalized spacial score (nSPS) is 11.5. The molecule has 0 aliphatic carbocycles. The van der Waals surface area contributed by atoms with E-state index in [0.717, 1.165) is 27.1 Å². The van der Waals surface area contributed by atoms with E-state index in [2.05, 4.69) is 16.0 Å². The topological polar surface area (TPSA) is 75.8 Å². The molecule has 5 nitrogen and oxygen atoms in total. The van der Waals surface area contributed by atoms with Gasteiger partial charge in [0.25, 0.3) is 11.8 Å². The Hall–Kier alpha value is -4.17. The first kappa shape index (κ1) is 14.9. The van der Waals surface area contributed by atoms with E-state index in [-0.39, 0.29) is 0 Å². The number of benzene rings is 4. The lowest BCUT2D eigenvalue weighted by atomic mass is 10.0. The van der Waals surface area contributed by atoms with Crippen molar-refractivity contribution in [3.63, 3.8) is 0 Å². The molecule has 2 heterocycles. The second kappa shape index (κ2) is 5.41. The zero-order valence-corrected chi connectivity index (χ0v) is 14.5. The van der Waals surface area contributed by atoms with Gasteiger partial charge >= 0.3 is 0 Å². The van der Waals surface area contributed by atoms with Gasteiger partial charge in [0.2, 0.25) is 0 Å². The Kier molecular flexibility index (Phi) is 2.89. The number of fused-ring (bicyclic) bond motifs is 6. The molecule has 0 N–H and O–H groups in total. The first-order valence-electron chi connectivity index (χ1n) is 8.83. The maximum atomic E-state index is 9.47. The molecule has 130 valence electrons. The molecule has 0 aliphatic heterocycles. The molecule has 0 fully saturated rings. The van der Waals surface area contributed by atoms with Crippen LogP contribution >= 0.6 is 0 Å². The summed E-state index contributed by atoms with van der Waals surface area (Å²) in [4.78, 5) is 9.19. The van der Waals surface area contributed by atoms with Crippen LogP contribution < -0.4 is 0 Å². The third-order valence-corrected chi connectivity index (χ3v) is 4.98. The van der Waals surface area contributed by atoms with Gasteiger partial charge in [-0.2, -0.15) is 5.26 Å². The van der Waals surface area contributed by atoms with Crippen molar-refractivity contribution in [2.45, 2.75) is 0 Å². The largest absolute Gasteiger partial charge is 0.432 e. The maximum absolute atomic E-state index is 9.47. The second-order valence-corrected chi connectivity index (χ2v) is 6.60. The van der Waals surface area contributed by atoms with E-state index < -0.39 is 0 Å². The number of hydrogen-bond acceptors (Lipinski definition) is 5. The summed E-state index contributed by atoms with van der Waals surface area (Å²) in [7, 11) is 0. The predicted molar refractivity (Wildman–Crippen MR) is 107 cm³/mol. The lowest BCUT2D eigenvalue weighted by Crippen LogP contribution is -1.81. The molecule has 0 radical (unpaired) electrons. The number of aromatic nitrogens is 2.